The van der Waals surface area contributed by atoms with Gasteiger partial charge in [0.15, 0.2) is 13.1 Å². The minimum atomic E-state index is -0.0646. The van der Waals surface area contributed by atoms with Gasteiger partial charge in [0.25, 0.3) is 11.8 Å². The second kappa shape index (κ2) is 8.90. The number of amides is 2. The maximum atomic E-state index is 12.0. The normalized spacial score (nSPS) is 13.5. The molecule has 0 aromatic heterocycles. The van der Waals surface area contributed by atoms with E-state index in [1.165, 1.54) is 0 Å². The highest BCUT2D eigenvalue weighted by Gasteiger charge is 2.16. The van der Waals surface area contributed by atoms with E-state index in [0.29, 0.717) is 0 Å². The van der Waals surface area contributed by atoms with Gasteiger partial charge in [-0.2, -0.15) is 0 Å². The number of halogens is 1. The predicted molar refractivity (Wildman–Crippen MR) is 90.6 cm³/mol. The molecule has 0 aliphatic rings. The van der Waals surface area contributed by atoms with Crippen LogP contribution in [-0.4, -0.2) is 38.0 Å². The average Bonchev–Trinajstić information content (AvgIpc) is 2.37. The van der Waals surface area contributed by atoms with Gasteiger partial charge in [0.1, 0.15) is 0 Å². The molecule has 0 fully saturated rings. The van der Waals surface area contributed by atoms with Gasteiger partial charge in [0.05, 0.1) is 13.1 Å². The summed E-state index contributed by atoms with van der Waals surface area (Å²) in [6, 6.07) is 7.91. The van der Waals surface area contributed by atoms with E-state index < -0.39 is 0 Å². The zero-order valence-corrected chi connectivity index (χ0v) is 15.2. The first-order valence-corrected chi connectivity index (χ1v) is 8.22. The molecule has 0 heterocycles. The Morgan fingerprint density at radius 3 is 2.05 bits per heavy atom. The molecule has 1 aromatic carbocycles. The van der Waals surface area contributed by atoms with Crippen molar-refractivity contribution in [3.05, 3.63) is 34.3 Å². The second-order valence-corrected chi connectivity index (χ2v) is 6.79. The van der Waals surface area contributed by atoms with Crippen molar-refractivity contribution in [3.8, 4) is 0 Å². The molecule has 0 radical (unpaired) electrons. The standard InChI is InChI=1S/C16H24BrN3O2/c1-11(2)18-15(21)9-20(4)10-16(22)19-12(3)13-5-7-14(17)8-6-13/h5-8,11-12H,9-10H2,1-4H3,(H,18,21)(H,19,22)/p+1/t12-/m0/s1. The van der Waals surface area contributed by atoms with Crippen LogP contribution in [0.5, 0.6) is 0 Å². The third-order valence-electron chi connectivity index (χ3n) is 3.12. The largest absolute Gasteiger partial charge is 0.349 e. The number of nitrogens with one attached hydrogen (secondary N) is 3. The number of quaternary nitrogens is 1. The van der Waals surface area contributed by atoms with Crippen molar-refractivity contribution in [1.82, 2.24) is 10.6 Å². The highest BCUT2D eigenvalue weighted by molar-refractivity contribution is 9.10. The van der Waals surface area contributed by atoms with Gasteiger partial charge in [0, 0.05) is 10.5 Å². The lowest BCUT2D eigenvalue weighted by molar-refractivity contribution is -0.862. The first-order valence-electron chi connectivity index (χ1n) is 7.43. The van der Waals surface area contributed by atoms with Crippen molar-refractivity contribution >= 4 is 27.7 Å². The summed E-state index contributed by atoms with van der Waals surface area (Å²) in [7, 11) is 1.84. The maximum Gasteiger partial charge on any atom is 0.275 e. The number of hydrogen-bond donors (Lipinski definition) is 3. The first-order chi connectivity index (χ1) is 10.3. The van der Waals surface area contributed by atoms with Crippen LogP contribution < -0.4 is 15.5 Å². The molecule has 1 unspecified atom stereocenters. The highest BCUT2D eigenvalue weighted by Crippen LogP contribution is 2.16. The van der Waals surface area contributed by atoms with E-state index in [9.17, 15) is 9.59 Å². The fourth-order valence-electron chi connectivity index (χ4n) is 2.11. The molecular weight excluding hydrogens is 346 g/mol. The smallest absolute Gasteiger partial charge is 0.275 e. The van der Waals surface area contributed by atoms with E-state index in [1.807, 2.05) is 52.1 Å². The molecule has 0 bridgehead atoms. The second-order valence-electron chi connectivity index (χ2n) is 5.87. The van der Waals surface area contributed by atoms with Gasteiger partial charge in [-0.25, -0.2) is 0 Å². The van der Waals surface area contributed by atoms with E-state index in [4.69, 9.17) is 0 Å². The van der Waals surface area contributed by atoms with Gasteiger partial charge in [-0.3, -0.25) is 9.59 Å². The molecule has 1 rings (SSSR count). The van der Waals surface area contributed by atoms with Crippen LogP contribution in [0, 0.1) is 0 Å². The quantitative estimate of drug-likeness (QED) is 0.660. The number of likely N-dealkylation sites (N-methyl/N-ethyl adjacent to an activating group) is 1. The highest BCUT2D eigenvalue weighted by atomic mass is 79.9. The van der Waals surface area contributed by atoms with E-state index >= 15 is 0 Å². The predicted octanol–water partition coefficient (Wildman–Crippen LogP) is 0.666. The molecule has 5 nitrogen and oxygen atoms in total. The van der Waals surface area contributed by atoms with E-state index in [-0.39, 0.29) is 37.0 Å². The van der Waals surface area contributed by atoms with E-state index in [1.54, 1.807) is 0 Å². The summed E-state index contributed by atoms with van der Waals surface area (Å²) in [5.74, 6) is -0.105. The maximum absolute atomic E-state index is 12.0. The molecule has 1 aromatic rings. The molecule has 6 heteroatoms. The summed E-state index contributed by atoms with van der Waals surface area (Å²) in [4.78, 5) is 24.5. The van der Waals surface area contributed by atoms with Crippen molar-refractivity contribution in [2.45, 2.75) is 32.9 Å². The molecule has 2 atom stereocenters. The van der Waals surface area contributed by atoms with Crippen molar-refractivity contribution < 1.29 is 14.5 Å². The van der Waals surface area contributed by atoms with E-state index in [2.05, 4.69) is 26.6 Å². The van der Waals surface area contributed by atoms with Crippen LogP contribution in [0.2, 0.25) is 0 Å². The molecule has 0 saturated carbocycles. The topological polar surface area (TPSA) is 62.6 Å². The Labute approximate surface area is 140 Å². The van der Waals surface area contributed by atoms with Crippen LogP contribution in [0.1, 0.15) is 32.4 Å². The van der Waals surface area contributed by atoms with Gasteiger partial charge in [0.2, 0.25) is 0 Å². The van der Waals surface area contributed by atoms with Crippen LogP contribution >= 0.6 is 15.9 Å². The zero-order chi connectivity index (χ0) is 16.7. The van der Waals surface area contributed by atoms with E-state index in [0.717, 1.165) is 14.9 Å². The van der Waals surface area contributed by atoms with Gasteiger partial charge in [-0.1, -0.05) is 28.1 Å². The lowest BCUT2D eigenvalue weighted by Gasteiger charge is -2.18. The van der Waals surface area contributed by atoms with Gasteiger partial charge in [-0.05, 0) is 38.5 Å². The molecule has 0 aliphatic carbocycles. The summed E-state index contributed by atoms with van der Waals surface area (Å²) < 4.78 is 1.01. The van der Waals surface area contributed by atoms with Crippen molar-refractivity contribution in [3.63, 3.8) is 0 Å². The summed E-state index contributed by atoms with van der Waals surface area (Å²) in [5.41, 5.74) is 1.05. The summed E-state index contributed by atoms with van der Waals surface area (Å²) in [5, 5.41) is 5.78. The van der Waals surface area contributed by atoms with Crippen molar-refractivity contribution in [2.24, 2.45) is 0 Å². The van der Waals surface area contributed by atoms with Gasteiger partial charge >= 0.3 is 0 Å². The Kier molecular flexibility index (Phi) is 7.55. The molecular formula is C16H25BrN3O2+. The third-order valence-corrected chi connectivity index (χ3v) is 3.65. The fourth-order valence-corrected chi connectivity index (χ4v) is 2.38. The number of hydrogen-bond acceptors (Lipinski definition) is 2. The molecule has 2 amide bonds. The Bertz CT molecular complexity index is 503. The molecule has 0 aliphatic heterocycles. The Morgan fingerprint density at radius 2 is 1.55 bits per heavy atom. The Morgan fingerprint density at radius 1 is 1.05 bits per heavy atom. The SMILES string of the molecule is CC(C)NC(=O)C[NH+](C)CC(=O)N[C@@H](C)c1ccc(Br)cc1. The number of rotatable bonds is 7. The van der Waals surface area contributed by atoms with Gasteiger partial charge < -0.3 is 15.5 Å². The fraction of sp³-hybridized carbons (Fsp3) is 0.500. The van der Waals surface area contributed by atoms with Crippen LogP contribution in [0.3, 0.4) is 0 Å². The summed E-state index contributed by atoms with van der Waals surface area (Å²) in [6.45, 7) is 6.34. The number of carbonyl (C=O) groups is 2. The average molecular weight is 371 g/mol. The van der Waals surface area contributed by atoms with Crippen LogP contribution in [-0.2, 0) is 9.59 Å². The summed E-state index contributed by atoms with van der Waals surface area (Å²) >= 11 is 3.39. The minimum absolute atomic E-state index is 0.0405. The number of benzene rings is 1. The molecule has 0 spiro atoms. The third kappa shape index (κ3) is 7.04. The van der Waals surface area contributed by atoms with Crippen LogP contribution in [0.25, 0.3) is 0 Å². The Hall–Kier alpha value is -1.40. The Balaban J connectivity index is 2.41. The molecule has 22 heavy (non-hydrogen) atoms. The van der Waals surface area contributed by atoms with Crippen LogP contribution in [0.15, 0.2) is 28.7 Å². The first kappa shape index (κ1) is 18.6. The van der Waals surface area contributed by atoms with Crippen molar-refractivity contribution in [1.29, 1.82) is 0 Å². The zero-order valence-electron chi connectivity index (χ0n) is 13.6. The monoisotopic (exact) mass is 370 g/mol. The van der Waals surface area contributed by atoms with Crippen molar-refractivity contribution in [2.75, 3.05) is 20.1 Å². The molecule has 122 valence electrons. The lowest BCUT2D eigenvalue weighted by atomic mass is 10.1. The summed E-state index contributed by atoms with van der Waals surface area (Å²) in [6.07, 6.45) is 0. The van der Waals surface area contributed by atoms with Crippen LogP contribution in [0.4, 0.5) is 0 Å². The molecule has 0 saturated heterocycles. The molecule has 3 N–H and O–H groups in total. The van der Waals surface area contributed by atoms with Gasteiger partial charge in [-0.15, -0.1) is 0 Å². The lowest BCUT2D eigenvalue weighted by Crippen LogP contribution is -3.11. The number of carbonyl (C=O) groups excluding carboxylic acids is 2. The minimum Gasteiger partial charge on any atom is -0.349 e.